The molecule has 1 aliphatic rings. The van der Waals surface area contributed by atoms with Crippen molar-refractivity contribution < 1.29 is 9.50 Å². The number of aliphatic hydroxyl groups excluding tert-OH is 1. The molecular formula is C16H20FNO. The molecule has 3 heteroatoms. The highest BCUT2D eigenvalue weighted by Crippen LogP contribution is 2.28. The summed E-state index contributed by atoms with van der Waals surface area (Å²) in [5, 5.41) is 8.69. The van der Waals surface area contributed by atoms with Crippen LogP contribution in [-0.2, 0) is 6.54 Å². The molecule has 0 amide bonds. The SMILES string of the molecule is CCN(Cc1cc(F)cc(C#CCCO)c1)C1CC1. The molecule has 0 atom stereocenters. The summed E-state index contributed by atoms with van der Waals surface area (Å²) < 4.78 is 13.6. The predicted octanol–water partition coefficient (Wildman–Crippen LogP) is 2.54. The van der Waals surface area contributed by atoms with Gasteiger partial charge in [0.25, 0.3) is 0 Å². The van der Waals surface area contributed by atoms with E-state index in [2.05, 4.69) is 23.7 Å². The molecule has 0 aromatic heterocycles. The Morgan fingerprint density at radius 1 is 1.37 bits per heavy atom. The maximum absolute atomic E-state index is 13.6. The van der Waals surface area contributed by atoms with Crippen LogP contribution < -0.4 is 0 Å². The van der Waals surface area contributed by atoms with E-state index in [0.717, 1.165) is 18.7 Å². The van der Waals surface area contributed by atoms with E-state index in [1.165, 1.54) is 18.9 Å². The van der Waals surface area contributed by atoms with Crippen molar-refractivity contribution in [3.8, 4) is 11.8 Å². The lowest BCUT2D eigenvalue weighted by Gasteiger charge is -2.19. The maximum Gasteiger partial charge on any atom is 0.124 e. The van der Waals surface area contributed by atoms with Gasteiger partial charge in [-0.05, 0) is 43.1 Å². The third-order valence-electron chi connectivity index (χ3n) is 3.28. The zero-order valence-corrected chi connectivity index (χ0v) is 11.3. The van der Waals surface area contributed by atoms with Crippen LogP contribution in [0, 0.1) is 17.7 Å². The Kier molecular flexibility index (Phi) is 4.95. The Hall–Kier alpha value is -1.37. The zero-order chi connectivity index (χ0) is 13.7. The summed E-state index contributed by atoms with van der Waals surface area (Å²) in [5.41, 5.74) is 1.66. The van der Waals surface area contributed by atoms with Gasteiger partial charge < -0.3 is 5.11 Å². The van der Waals surface area contributed by atoms with Crippen molar-refractivity contribution in [2.75, 3.05) is 13.2 Å². The van der Waals surface area contributed by atoms with E-state index in [1.807, 2.05) is 6.07 Å². The molecular weight excluding hydrogens is 241 g/mol. The van der Waals surface area contributed by atoms with Crippen LogP contribution in [0.1, 0.15) is 37.3 Å². The number of hydrogen-bond acceptors (Lipinski definition) is 2. The third kappa shape index (κ3) is 4.34. The highest BCUT2D eigenvalue weighted by molar-refractivity contribution is 5.37. The fourth-order valence-corrected chi connectivity index (χ4v) is 2.21. The van der Waals surface area contributed by atoms with Gasteiger partial charge in [0.05, 0.1) is 6.61 Å². The molecule has 102 valence electrons. The summed E-state index contributed by atoms with van der Waals surface area (Å²) in [4.78, 5) is 2.37. The lowest BCUT2D eigenvalue weighted by molar-refractivity contribution is 0.269. The van der Waals surface area contributed by atoms with Gasteiger partial charge in [0.1, 0.15) is 5.82 Å². The van der Waals surface area contributed by atoms with Gasteiger partial charge in [-0.3, -0.25) is 4.90 Å². The lowest BCUT2D eigenvalue weighted by Crippen LogP contribution is -2.25. The minimum atomic E-state index is -0.238. The molecule has 1 aromatic rings. The third-order valence-corrected chi connectivity index (χ3v) is 3.28. The second-order valence-electron chi connectivity index (χ2n) is 4.92. The fourth-order valence-electron chi connectivity index (χ4n) is 2.21. The van der Waals surface area contributed by atoms with Gasteiger partial charge in [0.2, 0.25) is 0 Å². The average Bonchev–Trinajstić information content (AvgIpc) is 3.20. The predicted molar refractivity (Wildman–Crippen MR) is 74.1 cm³/mol. The number of aliphatic hydroxyl groups is 1. The number of halogens is 1. The van der Waals surface area contributed by atoms with Crippen LogP contribution in [0.25, 0.3) is 0 Å². The summed E-state index contributed by atoms with van der Waals surface area (Å²) >= 11 is 0. The minimum Gasteiger partial charge on any atom is -0.395 e. The first-order chi connectivity index (χ1) is 9.22. The van der Waals surface area contributed by atoms with Gasteiger partial charge >= 0.3 is 0 Å². The molecule has 0 saturated heterocycles. The first kappa shape index (κ1) is 14.0. The van der Waals surface area contributed by atoms with E-state index >= 15 is 0 Å². The molecule has 1 aromatic carbocycles. The quantitative estimate of drug-likeness (QED) is 0.823. The molecule has 0 radical (unpaired) electrons. The molecule has 0 bridgehead atoms. The van der Waals surface area contributed by atoms with E-state index < -0.39 is 0 Å². The fraction of sp³-hybridized carbons (Fsp3) is 0.500. The Morgan fingerprint density at radius 2 is 2.16 bits per heavy atom. The molecule has 0 aliphatic heterocycles. The standard InChI is InChI=1S/C16H20FNO/c1-2-18(16-6-7-16)12-14-9-13(5-3-4-8-19)10-15(17)11-14/h9-11,16,19H,2,4,6-8,12H2,1H3. The molecule has 2 rings (SSSR count). The van der Waals surface area contributed by atoms with Crippen molar-refractivity contribution in [3.63, 3.8) is 0 Å². The molecule has 0 spiro atoms. The number of nitrogens with zero attached hydrogens (tertiary/aromatic N) is 1. The molecule has 19 heavy (non-hydrogen) atoms. The largest absolute Gasteiger partial charge is 0.395 e. The van der Waals surface area contributed by atoms with Gasteiger partial charge in [-0.15, -0.1) is 0 Å². The smallest absolute Gasteiger partial charge is 0.124 e. The summed E-state index contributed by atoms with van der Waals surface area (Å²) in [6.07, 6.45) is 2.94. The van der Waals surface area contributed by atoms with E-state index in [9.17, 15) is 4.39 Å². The molecule has 1 saturated carbocycles. The monoisotopic (exact) mass is 261 g/mol. The summed E-state index contributed by atoms with van der Waals surface area (Å²) in [7, 11) is 0. The first-order valence-electron chi connectivity index (χ1n) is 6.86. The Bertz CT molecular complexity index is 485. The molecule has 0 heterocycles. The van der Waals surface area contributed by atoms with Gasteiger partial charge in [-0.2, -0.15) is 0 Å². The van der Waals surface area contributed by atoms with Crippen molar-refractivity contribution in [1.82, 2.24) is 4.90 Å². The van der Waals surface area contributed by atoms with Crippen molar-refractivity contribution in [2.24, 2.45) is 0 Å². The maximum atomic E-state index is 13.6. The molecule has 1 fully saturated rings. The van der Waals surface area contributed by atoms with E-state index in [0.29, 0.717) is 18.0 Å². The summed E-state index contributed by atoms with van der Waals surface area (Å²) in [6.45, 7) is 3.96. The van der Waals surface area contributed by atoms with Crippen LogP contribution in [-0.4, -0.2) is 29.2 Å². The second kappa shape index (κ2) is 6.70. The van der Waals surface area contributed by atoms with Crippen molar-refractivity contribution in [2.45, 2.75) is 38.8 Å². The van der Waals surface area contributed by atoms with Crippen LogP contribution in [0.4, 0.5) is 4.39 Å². The summed E-state index contributed by atoms with van der Waals surface area (Å²) in [6, 6.07) is 5.65. The van der Waals surface area contributed by atoms with E-state index in [1.54, 1.807) is 6.07 Å². The zero-order valence-electron chi connectivity index (χ0n) is 11.3. The molecule has 1 aliphatic carbocycles. The van der Waals surface area contributed by atoms with E-state index in [-0.39, 0.29) is 12.4 Å². The van der Waals surface area contributed by atoms with Crippen molar-refractivity contribution >= 4 is 0 Å². The van der Waals surface area contributed by atoms with E-state index in [4.69, 9.17) is 5.11 Å². The highest BCUT2D eigenvalue weighted by atomic mass is 19.1. The Labute approximate surface area is 114 Å². The Morgan fingerprint density at radius 3 is 2.79 bits per heavy atom. The van der Waals surface area contributed by atoms with Crippen LogP contribution in [0.5, 0.6) is 0 Å². The number of benzene rings is 1. The van der Waals surface area contributed by atoms with Gasteiger partial charge in [0.15, 0.2) is 0 Å². The normalized spacial score (nSPS) is 14.3. The number of rotatable bonds is 5. The van der Waals surface area contributed by atoms with Gasteiger partial charge in [0, 0.05) is 24.6 Å². The average molecular weight is 261 g/mol. The summed E-state index contributed by atoms with van der Waals surface area (Å²) in [5.74, 6) is 5.48. The van der Waals surface area contributed by atoms with Crippen LogP contribution >= 0.6 is 0 Å². The lowest BCUT2D eigenvalue weighted by atomic mass is 10.1. The minimum absolute atomic E-state index is 0.0421. The number of hydrogen-bond donors (Lipinski definition) is 1. The van der Waals surface area contributed by atoms with Crippen LogP contribution in [0.2, 0.25) is 0 Å². The van der Waals surface area contributed by atoms with Crippen molar-refractivity contribution in [1.29, 1.82) is 0 Å². The van der Waals surface area contributed by atoms with Crippen LogP contribution in [0.15, 0.2) is 18.2 Å². The first-order valence-corrected chi connectivity index (χ1v) is 6.86. The molecule has 2 nitrogen and oxygen atoms in total. The molecule has 1 N–H and O–H groups in total. The van der Waals surface area contributed by atoms with Crippen molar-refractivity contribution in [3.05, 3.63) is 35.1 Å². The Balaban J connectivity index is 2.09. The van der Waals surface area contributed by atoms with Crippen LogP contribution in [0.3, 0.4) is 0 Å². The molecule has 0 unspecified atom stereocenters. The topological polar surface area (TPSA) is 23.5 Å². The highest BCUT2D eigenvalue weighted by Gasteiger charge is 2.27. The second-order valence-corrected chi connectivity index (χ2v) is 4.92. The van der Waals surface area contributed by atoms with Gasteiger partial charge in [-0.25, -0.2) is 4.39 Å². The van der Waals surface area contributed by atoms with Gasteiger partial charge in [-0.1, -0.05) is 18.8 Å².